The first kappa shape index (κ1) is 23.3. The summed E-state index contributed by atoms with van der Waals surface area (Å²) in [5, 5.41) is 21.9. The largest absolute Gasteiger partial charge is 0.512 e. The molecule has 0 aromatic heterocycles. The Balaban J connectivity index is 2.46. The Morgan fingerprint density at radius 1 is 1.36 bits per heavy atom. The number of carbonyl (C=O) groups is 1. The van der Waals surface area contributed by atoms with Crippen molar-refractivity contribution in [3.8, 4) is 11.8 Å². The summed E-state index contributed by atoms with van der Waals surface area (Å²) in [4.78, 5) is 11.9. The number of nitriles is 1. The van der Waals surface area contributed by atoms with E-state index in [0.29, 0.717) is 19.1 Å². The number of methoxy groups -OCH3 is 2. The number of hydrogen-bond acceptors (Lipinski definition) is 6. The van der Waals surface area contributed by atoms with Crippen LogP contribution < -0.4 is 10.1 Å². The predicted molar refractivity (Wildman–Crippen MR) is 109 cm³/mol. The minimum Gasteiger partial charge on any atom is -0.512 e. The lowest BCUT2D eigenvalue weighted by molar-refractivity contribution is -0.114. The highest BCUT2D eigenvalue weighted by molar-refractivity contribution is 6.02. The first-order valence-electron chi connectivity index (χ1n) is 9.41. The Labute approximate surface area is 167 Å². The molecule has 28 heavy (non-hydrogen) atoms. The van der Waals surface area contributed by atoms with Crippen LogP contribution in [0.25, 0.3) is 0 Å². The monoisotopic (exact) mass is 386 g/mol. The molecule has 0 aliphatic rings. The standard InChI is InChI=1S/C22H30N2O4/c1-4-22(17-23,12-9-20(26)21(16-25)28-3)11-6-13-24-14-10-18-7-5-8-19(15-18)27-2/h5,7-9,12,15-16,24-25H,4,6,10-11,13-14H2,1-3H3/b12-9+,21-16?. The third-order valence-corrected chi connectivity index (χ3v) is 4.69. The molecule has 0 saturated heterocycles. The number of allylic oxidation sites excluding steroid dienone is 2. The summed E-state index contributed by atoms with van der Waals surface area (Å²) in [6.07, 6.45) is 6.49. The highest BCUT2D eigenvalue weighted by Crippen LogP contribution is 2.29. The number of benzene rings is 1. The van der Waals surface area contributed by atoms with E-state index in [-0.39, 0.29) is 5.76 Å². The molecule has 1 rings (SSSR count). The van der Waals surface area contributed by atoms with Gasteiger partial charge in [-0.2, -0.15) is 5.26 Å². The van der Waals surface area contributed by atoms with E-state index in [9.17, 15) is 10.1 Å². The number of carbonyl (C=O) groups excluding carboxylic acids is 1. The van der Waals surface area contributed by atoms with Crippen molar-refractivity contribution in [3.05, 3.63) is 54.0 Å². The zero-order chi connectivity index (χ0) is 20.8. The summed E-state index contributed by atoms with van der Waals surface area (Å²) in [6, 6.07) is 10.3. The van der Waals surface area contributed by atoms with Gasteiger partial charge in [0.2, 0.25) is 11.5 Å². The summed E-state index contributed by atoms with van der Waals surface area (Å²) in [6.45, 7) is 3.55. The van der Waals surface area contributed by atoms with Crippen LogP contribution in [0, 0.1) is 16.7 Å². The van der Waals surface area contributed by atoms with Crippen molar-refractivity contribution >= 4 is 5.78 Å². The van der Waals surface area contributed by atoms with E-state index in [0.717, 1.165) is 31.7 Å². The SMILES string of the molecule is CCC(C#N)(/C=C/C(=O)C(=CO)OC)CCCNCCc1cccc(OC)c1. The van der Waals surface area contributed by atoms with Gasteiger partial charge in [-0.3, -0.25) is 4.79 Å². The average molecular weight is 386 g/mol. The smallest absolute Gasteiger partial charge is 0.223 e. The number of rotatable bonds is 13. The number of aliphatic hydroxyl groups is 1. The molecule has 0 amide bonds. The fraction of sp³-hybridized carbons (Fsp3) is 0.455. The van der Waals surface area contributed by atoms with Crippen molar-refractivity contribution in [2.75, 3.05) is 27.3 Å². The average Bonchev–Trinajstić information content (AvgIpc) is 2.74. The Kier molecular flexibility index (Phi) is 10.4. The Hall–Kier alpha value is -2.78. The fourth-order valence-corrected chi connectivity index (χ4v) is 2.80. The summed E-state index contributed by atoms with van der Waals surface area (Å²) >= 11 is 0. The van der Waals surface area contributed by atoms with Gasteiger partial charge in [0.05, 0.1) is 25.7 Å². The predicted octanol–water partition coefficient (Wildman–Crippen LogP) is 3.70. The lowest BCUT2D eigenvalue weighted by Gasteiger charge is -2.21. The molecule has 1 aromatic carbocycles. The van der Waals surface area contributed by atoms with Gasteiger partial charge in [0.1, 0.15) is 12.0 Å². The van der Waals surface area contributed by atoms with Gasteiger partial charge in [-0.1, -0.05) is 25.1 Å². The molecule has 0 aliphatic heterocycles. The van der Waals surface area contributed by atoms with Crippen LogP contribution in [0.3, 0.4) is 0 Å². The third-order valence-electron chi connectivity index (χ3n) is 4.69. The van der Waals surface area contributed by atoms with Crippen LogP contribution >= 0.6 is 0 Å². The zero-order valence-corrected chi connectivity index (χ0v) is 16.9. The minimum absolute atomic E-state index is 0.154. The van der Waals surface area contributed by atoms with Gasteiger partial charge in [-0.25, -0.2) is 0 Å². The summed E-state index contributed by atoms with van der Waals surface area (Å²) < 4.78 is 10.0. The van der Waals surface area contributed by atoms with Crippen LogP contribution in [0.4, 0.5) is 0 Å². The maximum atomic E-state index is 11.9. The lowest BCUT2D eigenvalue weighted by Crippen LogP contribution is -2.22. The number of hydrogen-bond donors (Lipinski definition) is 2. The quantitative estimate of drug-likeness (QED) is 0.305. The first-order valence-corrected chi connectivity index (χ1v) is 9.41. The molecule has 6 nitrogen and oxygen atoms in total. The molecule has 2 N–H and O–H groups in total. The van der Waals surface area contributed by atoms with Crippen molar-refractivity contribution in [1.29, 1.82) is 5.26 Å². The Morgan fingerprint density at radius 3 is 2.75 bits per heavy atom. The molecule has 0 aliphatic carbocycles. The molecule has 0 radical (unpaired) electrons. The van der Waals surface area contributed by atoms with Gasteiger partial charge in [0, 0.05) is 0 Å². The van der Waals surface area contributed by atoms with E-state index in [1.54, 1.807) is 13.2 Å². The minimum atomic E-state index is -0.710. The van der Waals surface area contributed by atoms with E-state index >= 15 is 0 Å². The zero-order valence-electron chi connectivity index (χ0n) is 16.9. The van der Waals surface area contributed by atoms with Gasteiger partial charge in [-0.15, -0.1) is 0 Å². The van der Waals surface area contributed by atoms with Crippen LogP contribution in [0.2, 0.25) is 0 Å². The van der Waals surface area contributed by atoms with Crippen LogP contribution in [-0.4, -0.2) is 38.2 Å². The van der Waals surface area contributed by atoms with Crippen molar-refractivity contribution in [1.82, 2.24) is 5.32 Å². The number of aliphatic hydroxyl groups excluding tert-OH is 1. The molecule has 0 saturated carbocycles. The molecule has 6 heteroatoms. The lowest BCUT2D eigenvalue weighted by atomic mass is 9.81. The second-order valence-electron chi connectivity index (χ2n) is 6.47. The molecule has 1 aromatic rings. The molecule has 0 heterocycles. The van der Waals surface area contributed by atoms with E-state index in [2.05, 4.69) is 17.5 Å². The highest BCUT2D eigenvalue weighted by atomic mass is 16.5. The topological polar surface area (TPSA) is 91.6 Å². The van der Waals surface area contributed by atoms with Crippen LogP contribution in [0.1, 0.15) is 31.7 Å². The van der Waals surface area contributed by atoms with Gasteiger partial charge in [-0.05, 0) is 62.5 Å². The van der Waals surface area contributed by atoms with Gasteiger partial charge >= 0.3 is 0 Å². The molecule has 152 valence electrons. The number of nitrogens with zero attached hydrogens (tertiary/aromatic N) is 1. The molecule has 0 fully saturated rings. The number of ether oxygens (including phenoxy) is 2. The second kappa shape index (κ2) is 12.6. The van der Waals surface area contributed by atoms with Gasteiger partial charge < -0.3 is 19.9 Å². The van der Waals surface area contributed by atoms with E-state index in [4.69, 9.17) is 14.6 Å². The second-order valence-corrected chi connectivity index (χ2v) is 6.47. The highest BCUT2D eigenvalue weighted by Gasteiger charge is 2.24. The van der Waals surface area contributed by atoms with E-state index in [1.165, 1.54) is 18.7 Å². The number of nitrogens with one attached hydrogen (secondary N) is 1. The van der Waals surface area contributed by atoms with Crippen molar-refractivity contribution in [3.63, 3.8) is 0 Å². The van der Waals surface area contributed by atoms with Crippen molar-refractivity contribution < 1.29 is 19.4 Å². The summed E-state index contributed by atoms with van der Waals surface area (Å²) in [5.41, 5.74) is 0.498. The van der Waals surface area contributed by atoms with Crippen LogP contribution in [0.15, 0.2) is 48.4 Å². The van der Waals surface area contributed by atoms with Crippen LogP contribution in [-0.2, 0) is 16.0 Å². The normalized spacial score (nSPS) is 13.7. The molecular weight excluding hydrogens is 356 g/mol. The molecule has 0 spiro atoms. The van der Waals surface area contributed by atoms with Crippen molar-refractivity contribution in [2.24, 2.45) is 5.41 Å². The third kappa shape index (κ3) is 7.45. The van der Waals surface area contributed by atoms with Crippen LogP contribution in [0.5, 0.6) is 5.75 Å². The first-order chi connectivity index (χ1) is 13.5. The molecule has 1 atom stereocenters. The van der Waals surface area contributed by atoms with Crippen molar-refractivity contribution in [2.45, 2.75) is 32.6 Å². The number of ketones is 1. The van der Waals surface area contributed by atoms with E-state index < -0.39 is 11.2 Å². The van der Waals surface area contributed by atoms with Gasteiger partial charge in [0.15, 0.2) is 0 Å². The Morgan fingerprint density at radius 2 is 2.14 bits per heavy atom. The Bertz CT molecular complexity index is 721. The maximum Gasteiger partial charge on any atom is 0.223 e. The maximum absolute atomic E-state index is 11.9. The van der Waals surface area contributed by atoms with Gasteiger partial charge in [0.25, 0.3) is 0 Å². The molecule has 0 bridgehead atoms. The summed E-state index contributed by atoms with van der Waals surface area (Å²) in [7, 11) is 2.97. The molecular formula is C22H30N2O4. The fourth-order valence-electron chi connectivity index (χ4n) is 2.80. The molecule has 1 unspecified atom stereocenters. The van der Waals surface area contributed by atoms with E-state index in [1.807, 2.05) is 25.1 Å². The summed E-state index contributed by atoms with van der Waals surface area (Å²) in [5.74, 6) is 0.237.